The lowest BCUT2D eigenvalue weighted by molar-refractivity contribution is 0.770. The first-order chi connectivity index (χ1) is 3.41. The van der Waals surface area contributed by atoms with Gasteiger partial charge in [0.2, 0.25) is 0 Å². The Morgan fingerprint density at radius 1 is 1.00 bits per heavy atom. The molecule has 0 radical (unpaired) electrons. The van der Waals surface area contributed by atoms with Crippen LogP contribution in [0.2, 0.25) is 0 Å². The van der Waals surface area contributed by atoms with Gasteiger partial charge in [0.05, 0.1) is 0 Å². The summed E-state index contributed by atoms with van der Waals surface area (Å²) in [5.74, 6) is 0. The summed E-state index contributed by atoms with van der Waals surface area (Å²) < 4.78 is 0. The Morgan fingerprint density at radius 2 is 1.43 bits per heavy atom. The normalized spacial score (nSPS) is 9.14. The van der Waals surface area contributed by atoms with Crippen LogP contribution in [0.1, 0.15) is 6.42 Å². The van der Waals surface area contributed by atoms with E-state index in [1.807, 2.05) is 16.0 Å². The van der Waals surface area contributed by atoms with Crippen LogP contribution in [0.25, 0.3) is 0 Å². The summed E-state index contributed by atoms with van der Waals surface area (Å²) in [6.45, 7) is 2.22. The molecule has 0 saturated heterocycles. The molecule has 0 rings (SSSR count). The molecule has 4 heteroatoms. The summed E-state index contributed by atoms with van der Waals surface area (Å²) in [4.78, 5) is 0. The zero-order valence-corrected chi connectivity index (χ0v) is 5.12. The minimum Gasteiger partial charge on any atom is -0.362 e. The Balaban J connectivity index is 2.45. The predicted octanol–water partition coefficient (Wildman–Crippen LogP) is -2.35. The summed E-state index contributed by atoms with van der Waals surface area (Å²) >= 11 is 0. The van der Waals surface area contributed by atoms with Gasteiger partial charge in [-0.15, -0.1) is 0 Å². The first kappa shape index (κ1) is 7.05. The molecule has 0 aromatic rings. The van der Waals surface area contributed by atoms with Crippen molar-refractivity contribution in [1.29, 1.82) is 0 Å². The van der Waals surface area contributed by atoms with Crippen LogP contribution in [0, 0.1) is 0 Å². The predicted molar refractivity (Wildman–Crippen MR) is 37.7 cm³/mol. The second kappa shape index (κ2) is 6.05. The molecule has 0 atom stereocenters. The quantitative estimate of drug-likeness (QED) is 0.304. The van der Waals surface area contributed by atoms with E-state index >= 15 is 0 Å². The van der Waals surface area contributed by atoms with E-state index in [2.05, 4.69) is 10.5 Å². The summed E-state index contributed by atoms with van der Waals surface area (Å²) in [5, 5.41) is 6.12. The number of hydrogen-bond donors (Lipinski definition) is 2. The summed E-state index contributed by atoms with van der Waals surface area (Å²) in [5.41, 5.74) is 0. The van der Waals surface area contributed by atoms with Crippen LogP contribution in [0.15, 0.2) is 0 Å². The molecule has 0 unspecified atom stereocenters. The summed E-state index contributed by atoms with van der Waals surface area (Å²) in [6, 6.07) is 0. The molecule has 0 aromatic carbocycles. The van der Waals surface area contributed by atoms with Crippen molar-refractivity contribution in [1.82, 2.24) is 10.5 Å². The largest absolute Gasteiger partial charge is 0.362 e. The van der Waals surface area contributed by atoms with Crippen molar-refractivity contribution in [3.8, 4) is 0 Å². The second-order valence-corrected chi connectivity index (χ2v) is 1.56. The van der Waals surface area contributed by atoms with E-state index in [0.717, 1.165) is 13.1 Å². The third-order valence-electron chi connectivity index (χ3n) is 0.854. The number of nitrogens with one attached hydrogen (secondary N) is 2. The molecule has 0 aliphatic rings. The fourth-order valence-electron chi connectivity index (χ4n) is 0.442. The molecule has 0 amide bonds. The van der Waals surface area contributed by atoms with Crippen molar-refractivity contribution in [3.05, 3.63) is 0 Å². The van der Waals surface area contributed by atoms with Crippen LogP contribution in [-0.4, -0.2) is 29.1 Å². The Bertz CT molecular complexity index is 30.1. The average molecular weight is 97.8 g/mol. The molecule has 0 aromatic heterocycles. The van der Waals surface area contributed by atoms with Crippen LogP contribution in [-0.2, 0) is 0 Å². The molecule has 0 heterocycles. The van der Waals surface area contributed by atoms with Gasteiger partial charge in [0.1, 0.15) is 0 Å². The maximum atomic E-state index is 3.06. The monoisotopic (exact) mass is 98.1 g/mol. The molecule has 0 saturated carbocycles. The zero-order chi connectivity index (χ0) is 5.54. The van der Waals surface area contributed by atoms with E-state index in [4.69, 9.17) is 0 Å². The third-order valence-corrected chi connectivity index (χ3v) is 0.854. The van der Waals surface area contributed by atoms with Gasteiger partial charge in [0, 0.05) is 0 Å². The zero-order valence-electron chi connectivity index (χ0n) is 5.12. The van der Waals surface area contributed by atoms with Gasteiger partial charge in [-0.05, 0) is 19.5 Å². The van der Waals surface area contributed by atoms with Gasteiger partial charge in [0.15, 0.2) is 16.0 Å². The Morgan fingerprint density at radius 3 is 1.71 bits per heavy atom. The standard InChI is InChI=1S/C3H12B2N2/c4-6-2-1-3-7-5/h6-7H,1-5H2. The molecular weight excluding hydrogens is 85.7 g/mol. The highest BCUT2D eigenvalue weighted by molar-refractivity contribution is 6.04. The molecule has 40 valence electrons. The molecule has 0 bridgehead atoms. The fraction of sp³-hybridized carbons (Fsp3) is 1.00. The van der Waals surface area contributed by atoms with Crippen LogP contribution in [0.3, 0.4) is 0 Å². The topological polar surface area (TPSA) is 24.1 Å². The molecular formula is C3H12B2N2. The molecule has 2 nitrogen and oxygen atoms in total. The van der Waals surface area contributed by atoms with E-state index in [-0.39, 0.29) is 0 Å². The third kappa shape index (κ3) is 6.05. The molecule has 0 aliphatic carbocycles. The fourth-order valence-corrected chi connectivity index (χ4v) is 0.442. The van der Waals surface area contributed by atoms with Gasteiger partial charge in [0.25, 0.3) is 0 Å². The van der Waals surface area contributed by atoms with Crippen molar-refractivity contribution in [2.24, 2.45) is 0 Å². The van der Waals surface area contributed by atoms with E-state index in [1.54, 1.807) is 0 Å². The van der Waals surface area contributed by atoms with Gasteiger partial charge in [-0.1, -0.05) is 0 Å². The van der Waals surface area contributed by atoms with Gasteiger partial charge in [-0.25, -0.2) is 0 Å². The first-order valence-electron chi connectivity index (χ1n) is 2.71. The molecule has 0 fully saturated rings. The molecule has 7 heavy (non-hydrogen) atoms. The van der Waals surface area contributed by atoms with Crippen LogP contribution in [0.4, 0.5) is 0 Å². The highest BCUT2D eigenvalue weighted by atomic mass is 14.8. The van der Waals surface area contributed by atoms with Gasteiger partial charge in [-0.3, -0.25) is 0 Å². The second-order valence-electron chi connectivity index (χ2n) is 1.56. The van der Waals surface area contributed by atoms with E-state index in [1.165, 1.54) is 6.42 Å². The van der Waals surface area contributed by atoms with Gasteiger partial charge >= 0.3 is 0 Å². The van der Waals surface area contributed by atoms with E-state index in [0.29, 0.717) is 0 Å². The lowest BCUT2D eigenvalue weighted by Crippen LogP contribution is -2.17. The Labute approximate surface area is 46.9 Å². The van der Waals surface area contributed by atoms with Crippen LogP contribution < -0.4 is 10.5 Å². The van der Waals surface area contributed by atoms with Gasteiger partial charge < -0.3 is 10.5 Å². The van der Waals surface area contributed by atoms with Gasteiger partial charge in [-0.2, -0.15) is 0 Å². The minimum atomic E-state index is 1.11. The Kier molecular flexibility index (Phi) is 6.09. The lowest BCUT2D eigenvalue weighted by atomic mass is 10.3. The maximum absolute atomic E-state index is 3.06. The molecule has 2 N–H and O–H groups in total. The van der Waals surface area contributed by atoms with Crippen molar-refractivity contribution in [2.75, 3.05) is 13.1 Å². The van der Waals surface area contributed by atoms with Crippen LogP contribution >= 0.6 is 0 Å². The smallest absolute Gasteiger partial charge is 0.181 e. The summed E-state index contributed by atoms with van der Waals surface area (Å²) in [6.07, 6.45) is 1.22. The average Bonchev–Trinajstić information content (AvgIpc) is 1.69. The molecule has 0 spiro atoms. The molecule has 0 aliphatic heterocycles. The Hall–Kier alpha value is 0.0499. The highest BCUT2D eigenvalue weighted by Gasteiger charge is 1.77. The van der Waals surface area contributed by atoms with Crippen molar-refractivity contribution in [3.63, 3.8) is 0 Å². The minimum absolute atomic E-state index is 1.11. The van der Waals surface area contributed by atoms with Crippen molar-refractivity contribution in [2.45, 2.75) is 6.42 Å². The van der Waals surface area contributed by atoms with Crippen molar-refractivity contribution >= 4 is 16.0 Å². The SMILES string of the molecule is BNCCCNB. The highest BCUT2D eigenvalue weighted by Crippen LogP contribution is 1.66. The van der Waals surface area contributed by atoms with Crippen molar-refractivity contribution < 1.29 is 0 Å². The first-order valence-corrected chi connectivity index (χ1v) is 2.71. The number of rotatable bonds is 4. The van der Waals surface area contributed by atoms with E-state index < -0.39 is 0 Å². The van der Waals surface area contributed by atoms with E-state index in [9.17, 15) is 0 Å². The number of hydrogen-bond acceptors (Lipinski definition) is 2. The van der Waals surface area contributed by atoms with Crippen LogP contribution in [0.5, 0.6) is 0 Å². The summed E-state index contributed by atoms with van der Waals surface area (Å²) in [7, 11) is 3.94. The lowest BCUT2D eigenvalue weighted by Gasteiger charge is -1.95. The maximum Gasteiger partial charge on any atom is 0.181 e.